The Hall–Kier alpha value is -3.01. The summed E-state index contributed by atoms with van der Waals surface area (Å²) >= 11 is 0. The fourth-order valence-corrected chi connectivity index (χ4v) is 2.89. The van der Waals surface area contributed by atoms with Crippen LogP contribution < -0.4 is 10.2 Å². The second kappa shape index (κ2) is 6.71. The van der Waals surface area contributed by atoms with Crippen molar-refractivity contribution in [3.05, 3.63) is 47.6 Å². The summed E-state index contributed by atoms with van der Waals surface area (Å²) in [6.45, 7) is 5.94. The van der Waals surface area contributed by atoms with Gasteiger partial charge in [0, 0.05) is 12.0 Å². The zero-order chi connectivity index (χ0) is 18.9. The molecule has 0 fully saturated rings. The molecule has 3 rings (SSSR count). The fourth-order valence-electron chi connectivity index (χ4n) is 2.89. The molecule has 0 bridgehead atoms. The van der Waals surface area contributed by atoms with E-state index in [1.54, 1.807) is 11.0 Å². The summed E-state index contributed by atoms with van der Waals surface area (Å²) in [7, 11) is 0. The zero-order valence-electron chi connectivity index (χ0n) is 15.0. The molecule has 0 radical (unpaired) electrons. The first-order chi connectivity index (χ1) is 12.3. The maximum absolute atomic E-state index is 13.3. The molecule has 0 spiro atoms. The lowest BCUT2D eigenvalue weighted by Gasteiger charge is -2.25. The van der Waals surface area contributed by atoms with Crippen LogP contribution in [0.5, 0.6) is 0 Å². The summed E-state index contributed by atoms with van der Waals surface area (Å²) in [6.07, 6.45) is 5.55. The maximum Gasteiger partial charge on any atom is 0.227 e. The predicted octanol–water partition coefficient (Wildman–Crippen LogP) is 3.06. The normalized spacial score (nSPS) is 19.1. The van der Waals surface area contributed by atoms with Crippen LogP contribution >= 0.6 is 0 Å². The molecule has 0 aromatic carbocycles. The van der Waals surface area contributed by atoms with Crippen LogP contribution in [0.3, 0.4) is 0 Å². The van der Waals surface area contributed by atoms with Crippen molar-refractivity contribution in [2.75, 3.05) is 4.90 Å². The van der Waals surface area contributed by atoms with Crippen molar-refractivity contribution < 1.29 is 9.18 Å². The quantitative estimate of drug-likeness (QED) is 0.886. The Labute approximate surface area is 151 Å². The Bertz CT molecular complexity index is 855. The number of nitriles is 1. The monoisotopic (exact) mass is 353 g/mol. The van der Waals surface area contributed by atoms with Gasteiger partial charge in [0.15, 0.2) is 0 Å². The third kappa shape index (κ3) is 3.80. The van der Waals surface area contributed by atoms with Crippen molar-refractivity contribution in [3.8, 4) is 6.07 Å². The minimum atomic E-state index is -0.449. The lowest BCUT2D eigenvalue weighted by molar-refractivity contribution is -0.121. The highest BCUT2D eigenvalue weighted by atomic mass is 19.1. The summed E-state index contributed by atoms with van der Waals surface area (Å²) in [4.78, 5) is 22.8. The molecule has 1 aromatic rings. The molecule has 1 aliphatic heterocycles. The van der Waals surface area contributed by atoms with E-state index in [1.165, 1.54) is 12.1 Å². The molecule has 0 saturated heterocycles. The van der Waals surface area contributed by atoms with Gasteiger partial charge in [0.05, 0.1) is 24.0 Å². The molecule has 1 unspecified atom stereocenters. The highest BCUT2D eigenvalue weighted by Gasteiger charge is 2.35. The number of carbonyl (C=O) groups excluding carboxylic acids is 1. The third-order valence-corrected chi connectivity index (χ3v) is 3.97. The van der Waals surface area contributed by atoms with Gasteiger partial charge in [0.1, 0.15) is 11.6 Å². The molecule has 1 aromatic heterocycles. The van der Waals surface area contributed by atoms with E-state index in [2.05, 4.69) is 21.4 Å². The Morgan fingerprint density at radius 2 is 2.23 bits per heavy atom. The average molecular weight is 353 g/mol. The largest absolute Gasteiger partial charge is 0.296 e. The lowest BCUT2D eigenvalue weighted by atomic mass is 9.92. The standard InChI is InChI=1S/C19H20FN5O/c1-19(2,3)9-17(26)24-18-23-14-6-4-12(10-21)8-15(14)25(18)16-7-5-13(20)11-22-16/h4-5,7-8,11,14H,6,9H2,1-3H3,(H,23,24,26). The summed E-state index contributed by atoms with van der Waals surface area (Å²) in [5.74, 6) is 0.183. The number of hydrogen-bond acceptors (Lipinski definition) is 5. The number of amides is 1. The second-order valence-corrected chi connectivity index (χ2v) is 7.50. The van der Waals surface area contributed by atoms with Gasteiger partial charge in [0.25, 0.3) is 0 Å². The van der Waals surface area contributed by atoms with Crippen molar-refractivity contribution in [1.29, 1.82) is 5.26 Å². The summed E-state index contributed by atoms with van der Waals surface area (Å²) < 4.78 is 13.3. The summed E-state index contributed by atoms with van der Waals surface area (Å²) in [5.41, 5.74) is 1.11. The van der Waals surface area contributed by atoms with Gasteiger partial charge in [-0.1, -0.05) is 26.8 Å². The van der Waals surface area contributed by atoms with E-state index in [9.17, 15) is 14.4 Å². The number of pyridine rings is 1. The van der Waals surface area contributed by atoms with E-state index in [0.717, 1.165) is 11.9 Å². The van der Waals surface area contributed by atoms with Gasteiger partial charge in [-0.3, -0.25) is 15.0 Å². The maximum atomic E-state index is 13.3. The number of nitrogens with one attached hydrogen (secondary N) is 1. The number of hydrogen-bond donors (Lipinski definition) is 1. The number of rotatable bonds is 2. The van der Waals surface area contributed by atoms with Crippen molar-refractivity contribution in [1.82, 2.24) is 10.3 Å². The Kier molecular flexibility index (Phi) is 4.60. The number of aromatic nitrogens is 1. The van der Waals surface area contributed by atoms with E-state index in [1.807, 2.05) is 26.8 Å². The molecule has 26 heavy (non-hydrogen) atoms. The molecule has 2 aliphatic rings. The smallest absolute Gasteiger partial charge is 0.227 e. The zero-order valence-corrected chi connectivity index (χ0v) is 15.0. The molecule has 2 heterocycles. The fraction of sp³-hybridized carbons (Fsp3) is 0.368. The van der Waals surface area contributed by atoms with Crippen LogP contribution in [0, 0.1) is 22.6 Å². The van der Waals surface area contributed by atoms with Gasteiger partial charge < -0.3 is 0 Å². The molecule has 1 N–H and O–H groups in total. The lowest BCUT2D eigenvalue weighted by Crippen LogP contribution is -2.42. The van der Waals surface area contributed by atoms with Crippen molar-refractivity contribution in [2.45, 2.75) is 39.7 Å². The number of carbonyl (C=O) groups is 1. The van der Waals surface area contributed by atoms with Gasteiger partial charge in [0.2, 0.25) is 11.9 Å². The molecule has 0 saturated carbocycles. The van der Waals surface area contributed by atoms with E-state index in [0.29, 0.717) is 30.2 Å². The number of allylic oxidation sites excluding steroid dienone is 2. The van der Waals surface area contributed by atoms with Crippen LogP contribution in [0.2, 0.25) is 0 Å². The van der Waals surface area contributed by atoms with Gasteiger partial charge in [-0.15, -0.1) is 0 Å². The number of anilines is 1. The average Bonchev–Trinajstić information content (AvgIpc) is 2.90. The van der Waals surface area contributed by atoms with Crippen LogP contribution in [0.15, 0.2) is 46.7 Å². The first-order valence-corrected chi connectivity index (χ1v) is 8.38. The highest BCUT2D eigenvalue weighted by molar-refractivity contribution is 6.09. The molecule has 1 atom stereocenters. The summed E-state index contributed by atoms with van der Waals surface area (Å²) in [5, 5.41) is 12.0. The number of nitrogens with zero attached hydrogens (tertiary/aromatic N) is 4. The van der Waals surface area contributed by atoms with Gasteiger partial charge in [-0.05, 0) is 30.0 Å². The number of fused-ring (bicyclic) bond motifs is 1. The third-order valence-electron chi connectivity index (χ3n) is 3.97. The van der Waals surface area contributed by atoms with Crippen molar-refractivity contribution in [3.63, 3.8) is 0 Å². The van der Waals surface area contributed by atoms with Gasteiger partial charge in [-0.2, -0.15) is 5.26 Å². The number of halogens is 1. The minimum Gasteiger partial charge on any atom is -0.296 e. The number of guanidine groups is 1. The van der Waals surface area contributed by atoms with Crippen molar-refractivity contribution >= 4 is 17.7 Å². The van der Waals surface area contributed by atoms with Gasteiger partial charge >= 0.3 is 0 Å². The van der Waals surface area contributed by atoms with E-state index < -0.39 is 5.82 Å². The molecular weight excluding hydrogens is 333 g/mol. The first kappa shape index (κ1) is 17.8. The van der Waals surface area contributed by atoms with Crippen LogP contribution in [-0.4, -0.2) is 22.9 Å². The number of aliphatic imine (C=N–C) groups is 1. The van der Waals surface area contributed by atoms with E-state index in [4.69, 9.17) is 0 Å². The van der Waals surface area contributed by atoms with Crippen LogP contribution in [-0.2, 0) is 4.79 Å². The predicted molar refractivity (Wildman–Crippen MR) is 96.5 cm³/mol. The van der Waals surface area contributed by atoms with E-state index >= 15 is 0 Å². The summed E-state index contributed by atoms with van der Waals surface area (Å²) in [6, 6.07) is 4.74. The SMILES string of the molecule is CC(C)(C)CC(=O)NC1=NC2CC=C(C#N)C=C2N1c1ccc(F)cn1. The van der Waals surface area contributed by atoms with Crippen LogP contribution in [0.4, 0.5) is 10.2 Å². The van der Waals surface area contributed by atoms with Crippen LogP contribution in [0.1, 0.15) is 33.6 Å². The van der Waals surface area contributed by atoms with Gasteiger partial charge in [-0.25, -0.2) is 14.4 Å². The minimum absolute atomic E-state index is 0.156. The molecule has 134 valence electrons. The molecule has 1 aliphatic carbocycles. The Morgan fingerprint density at radius 3 is 2.85 bits per heavy atom. The van der Waals surface area contributed by atoms with E-state index in [-0.39, 0.29) is 17.4 Å². The second-order valence-electron chi connectivity index (χ2n) is 7.50. The van der Waals surface area contributed by atoms with Crippen molar-refractivity contribution in [2.24, 2.45) is 10.4 Å². The Balaban J connectivity index is 1.94. The first-order valence-electron chi connectivity index (χ1n) is 8.38. The molecular formula is C19H20FN5O. The molecule has 6 nitrogen and oxygen atoms in total. The topological polar surface area (TPSA) is 81.4 Å². The molecule has 1 amide bonds. The van der Waals surface area contributed by atoms with Crippen LogP contribution in [0.25, 0.3) is 0 Å². The highest BCUT2D eigenvalue weighted by Crippen LogP contribution is 2.32. The molecule has 7 heteroatoms. The Morgan fingerprint density at radius 1 is 1.46 bits per heavy atom.